The van der Waals surface area contributed by atoms with Crippen LogP contribution in [0.2, 0.25) is 0 Å². The van der Waals surface area contributed by atoms with Crippen molar-refractivity contribution < 1.29 is 14.3 Å². The highest BCUT2D eigenvalue weighted by Crippen LogP contribution is 2.25. The first kappa shape index (κ1) is 15.1. The Labute approximate surface area is 112 Å². The number of thiophene rings is 1. The minimum Gasteiger partial charge on any atom is -0.382 e. The molecule has 0 aliphatic carbocycles. The van der Waals surface area contributed by atoms with Crippen LogP contribution in [0.1, 0.15) is 24.8 Å². The van der Waals surface area contributed by atoms with Gasteiger partial charge in [0.2, 0.25) is 5.91 Å². The fraction of sp³-hybridized carbons (Fsp3) is 0.615. The van der Waals surface area contributed by atoms with Gasteiger partial charge in [0.05, 0.1) is 19.3 Å². The molecule has 0 saturated heterocycles. The van der Waals surface area contributed by atoms with Crippen molar-refractivity contribution >= 4 is 17.2 Å². The van der Waals surface area contributed by atoms with Crippen molar-refractivity contribution in [1.82, 2.24) is 5.32 Å². The number of carbonyl (C=O) groups is 1. The number of hydrogen-bond donors (Lipinski definition) is 1. The maximum Gasteiger partial charge on any atom is 0.246 e. The molecule has 1 rings (SSSR count). The van der Waals surface area contributed by atoms with E-state index in [2.05, 4.69) is 19.2 Å². The molecule has 1 atom stereocenters. The first-order valence-corrected chi connectivity index (χ1v) is 6.92. The molecule has 0 radical (unpaired) electrons. The average molecular weight is 271 g/mol. The van der Waals surface area contributed by atoms with E-state index in [-0.39, 0.29) is 18.6 Å². The van der Waals surface area contributed by atoms with Crippen LogP contribution in [-0.2, 0) is 14.3 Å². The molecule has 0 aliphatic rings. The molecule has 1 aromatic rings. The molecule has 1 aromatic heterocycles. The van der Waals surface area contributed by atoms with Gasteiger partial charge in [0, 0.05) is 12.0 Å². The van der Waals surface area contributed by atoms with Crippen molar-refractivity contribution in [2.24, 2.45) is 5.92 Å². The van der Waals surface area contributed by atoms with Crippen molar-refractivity contribution in [3.8, 4) is 0 Å². The zero-order chi connectivity index (χ0) is 13.4. The van der Waals surface area contributed by atoms with Gasteiger partial charge in [-0.1, -0.05) is 19.9 Å². The second kappa shape index (κ2) is 8.24. The van der Waals surface area contributed by atoms with Crippen molar-refractivity contribution in [1.29, 1.82) is 0 Å². The first-order valence-electron chi connectivity index (χ1n) is 6.04. The van der Waals surface area contributed by atoms with Gasteiger partial charge >= 0.3 is 0 Å². The Balaban J connectivity index is 2.40. The monoisotopic (exact) mass is 271 g/mol. The van der Waals surface area contributed by atoms with Gasteiger partial charge in [0.25, 0.3) is 0 Å². The van der Waals surface area contributed by atoms with Crippen molar-refractivity contribution in [2.75, 3.05) is 26.9 Å². The Bertz CT molecular complexity index is 338. The molecule has 0 spiro atoms. The van der Waals surface area contributed by atoms with Gasteiger partial charge in [-0.15, -0.1) is 11.3 Å². The molecule has 5 heteroatoms. The summed E-state index contributed by atoms with van der Waals surface area (Å²) < 4.78 is 10.0. The van der Waals surface area contributed by atoms with E-state index in [1.807, 2.05) is 17.5 Å². The summed E-state index contributed by atoms with van der Waals surface area (Å²) in [4.78, 5) is 12.9. The van der Waals surface area contributed by atoms with Crippen LogP contribution in [0.25, 0.3) is 0 Å². The topological polar surface area (TPSA) is 47.6 Å². The first-order chi connectivity index (χ1) is 8.65. The van der Waals surface area contributed by atoms with Crippen LogP contribution in [0.5, 0.6) is 0 Å². The minimum absolute atomic E-state index is 0.0588. The van der Waals surface area contributed by atoms with Crippen LogP contribution in [0, 0.1) is 5.92 Å². The largest absolute Gasteiger partial charge is 0.382 e. The van der Waals surface area contributed by atoms with E-state index in [0.717, 1.165) is 0 Å². The number of amides is 1. The number of nitrogens with one attached hydrogen (secondary N) is 1. The molecule has 1 amide bonds. The highest BCUT2D eigenvalue weighted by molar-refractivity contribution is 7.10. The number of ether oxygens (including phenoxy) is 2. The molecule has 0 bridgehead atoms. The summed E-state index contributed by atoms with van der Waals surface area (Å²) in [5.74, 6) is 0.268. The third-order valence-electron chi connectivity index (χ3n) is 2.50. The summed E-state index contributed by atoms with van der Waals surface area (Å²) in [7, 11) is 1.61. The molecular weight excluding hydrogens is 250 g/mol. The third-order valence-corrected chi connectivity index (χ3v) is 3.45. The van der Waals surface area contributed by atoms with Gasteiger partial charge in [-0.2, -0.15) is 0 Å². The summed E-state index contributed by atoms with van der Waals surface area (Å²) in [6, 6.07) is 4.10. The lowest BCUT2D eigenvalue weighted by Crippen LogP contribution is -2.34. The normalized spacial score (nSPS) is 12.7. The van der Waals surface area contributed by atoms with Crippen LogP contribution >= 0.6 is 11.3 Å². The summed E-state index contributed by atoms with van der Waals surface area (Å²) in [5, 5.41) is 5.02. The Morgan fingerprint density at radius 1 is 1.44 bits per heavy atom. The predicted molar refractivity (Wildman–Crippen MR) is 72.7 cm³/mol. The molecule has 0 aliphatic heterocycles. The average Bonchev–Trinajstić information content (AvgIpc) is 2.85. The van der Waals surface area contributed by atoms with Crippen LogP contribution in [-0.4, -0.2) is 32.8 Å². The summed E-state index contributed by atoms with van der Waals surface area (Å²) in [6.45, 7) is 5.21. The Morgan fingerprint density at radius 3 is 2.78 bits per heavy atom. The number of methoxy groups -OCH3 is 1. The van der Waals surface area contributed by atoms with Gasteiger partial charge < -0.3 is 14.8 Å². The second-order valence-electron chi connectivity index (χ2n) is 4.35. The second-order valence-corrected chi connectivity index (χ2v) is 5.33. The van der Waals surface area contributed by atoms with E-state index in [4.69, 9.17) is 9.47 Å². The Hall–Kier alpha value is -0.910. The standard InChI is InChI=1S/C13H21NO3S/c1-10(2)13(11-5-4-8-18-11)14-12(15)9-17-7-6-16-3/h4-5,8,10,13H,6-7,9H2,1-3H3,(H,14,15). The lowest BCUT2D eigenvalue weighted by molar-refractivity contribution is -0.127. The van der Waals surface area contributed by atoms with Gasteiger partial charge in [-0.3, -0.25) is 4.79 Å². The molecule has 102 valence electrons. The van der Waals surface area contributed by atoms with Gasteiger partial charge in [0.15, 0.2) is 0 Å². The highest BCUT2D eigenvalue weighted by atomic mass is 32.1. The predicted octanol–water partition coefficient (Wildman–Crippen LogP) is 2.22. The lowest BCUT2D eigenvalue weighted by atomic mass is 10.0. The number of hydrogen-bond acceptors (Lipinski definition) is 4. The molecule has 18 heavy (non-hydrogen) atoms. The molecular formula is C13H21NO3S. The highest BCUT2D eigenvalue weighted by Gasteiger charge is 2.18. The molecule has 0 saturated carbocycles. The van der Waals surface area contributed by atoms with E-state index in [9.17, 15) is 4.79 Å². The van der Waals surface area contributed by atoms with E-state index in [1.165, 1.54) is 4.88 Å². The smallest absolute Gasteiger partial charge is 0.246 e. The minimum atomic E-state index is -0.0850. The quantitative estimate of drug-likeness (QED) is 0.738. The van der Waals surface area contributed by atoms with E-state index < -0.39 is 0 Å². The fourth-order valence-corrected chi connectivity index (χ4v) is 2.51. The molecule has 1 unspecified atom stereocenters. The summed E-state index contributed by atoms with van der Waals surface area (Å²) in [5.41, 5.74) is 0. The van der Waals surface area contributed by atoms with Gasteiger partial charge in [-0.05, 0) is 17.4 Å². The molecule has 0 aromatic carbocycles. The zero-order valence-corrected chi connectivity index (χ0v) is 12.0. The number of carbonyl (C=O) groups excluding carboxylic acids is 1. The van der Waals surface area contributed by atoms with Crippen molar-refractivity contribution in [2.45, 2.75) is 19.9 Å². The van der Waals surface area contributed by atoms with E-state index in [1.54, 1.807) is 18.4 Å². The van der Waals surface area contributed by atoms with Crippen LogP contribution in [0.3, 0.4) is 0 Å². The van der Waals surface area contributed by atoms with Crippen molar-refractivity contribution in [3.05, 3.63) is 22.4 Å². The zero-order valence-electron chi connectivity index (χ0n) is 11.1. The third kappa shape index (κ3) is 5.16. The van der Waals surface area contributed by atoms with Crippen LogP contribution < -0.4 is 5.32 Å². The SMILES string of the molecule is COCCOCC(=O)NC(c1cccs1)C(C)C. The van der Waals surface area contributed by atoms with E-state index >= 15 is 0 Å². The maximum atomic E-state index is 11.7. The molecule has 4 nitrogen and oxygen atoms in total. The number of rotatable bonds is 8. The molecule has 0 fully saturated rings. The van der Waals surface area contributed by atoms with Gasteiger partial charge in [-0.25, -0.2) is 0 Å². The van der Waals surface area contributed by atoms with E-state index in [0.29, 0.717) is 19.1 Å². The Kier molecular flexibility index (Phi) is 6.93. The Morgan fingerprint density at radius 2 is 2.22 bits per heavy atom. The lowest BCUT2D eigenvalue weighted by Gasteiger charge is -2.21. The maximum absolute atomic E-state index is 11.7. The fourth-order valence-electron chi connectivity index (χ4n) is 1.56. The summed E-state index contributed by atoms with van der Waals surface area (Å²) in [6.07, 6.45) is 0. The van der Waals surface area contributed by atoms with Crippen molar-refractivity contribution in [3.63, 3.8) is 0 Å². The molecule has 1 heterocycles. The summed E-state index contributed by atoms with van der Waals surface area (Å²) >= 11 is 1.66. The molecule has 1 N–H and O–H groups in total. The van der Waals surface area contributed by atoms with Crippen LogP contribution in [0.15, 0.2) is 17.5 Å². The van der Waals surface area contributed by atoms with Gasteiger partial charge in [0.1, 0.15) is 6.61 Å². The van der Waals surface area contributed by atoms with Crippen LogP contribution in [0.4, 0.5) is 0 Å².